The van der Waals surface area contributed by atoms with E-state index in [1.165, 1.54) is 0 Å². The van der Waals surface area contributed by atoms with E-state index in [4.69, 9.17) is 10.5 Å². The maximum Gasteiger partial charge on any atom is 0.323 e. The molecule has 0 amide bonds. The molecule has 1 heterocycles. The second-order valence-electron chi connectivity index (χ2n) is 3.95. The zero-order chi connectivity index (χ0) is 11.3. The number of likely N-dealkylation sites (tertiary alicyclic amines) is 1. The Morgan fingerprint density at radius 3 is 2.87 bits per heavy atom. The SMILES string of the molecule is CCOC(=O)C1CCCN1C(CC)CN. The van der Waals surface area contributed by atoms with Gasteiger partial charge in [-0.15, -0.1) is 0 Å². The fraction of sp³-hybridized carbons (Fsp3) is 0.909. The van der Waals surface area contributed by atoms with Gasteiger partial charge in [0.05, 0.1) is 6.61 Å². The van der Waals surface area contributed by atoms with Gasteiger partial charge in [-0.3, -0.25) is 9.69 Å². The van der Waals surface area contributed by atoms with Crippen molar-refractivity contribution in [1.29, 1.82) is 0 Å². The van der Waals surface area contributed by atoms with Crippen LogP contribution in [0, 0.1) is 0 Å². The number of nitrogens with two attached hydrogens (primary N) is 1. The Kier molecular flexibility index (Phi) is 5.05. The summed E-state index contributed by atoms with van der Waals surface area (Å²) in [7, 11) is 0. The molecule has 1 saturated heterocycles. The van der Waals surface area contributed by atoms with E-state index < -0.39 is 0 Å². The van der Waals surface area contributed by atoms with Gasteiger partial charge >= 0.3 is 5.97 Å². The van der Waals surface area contributed by atoms with Crippen LogP contribution in [0.25, 0.3) is 0 Å². The molecule has 4 nitrogen and oxygen atoms in total. The molecule has 1 fully saturated rings. The topological polar surface area (TPSA) is 55.6 Å². The lowest BCUT2D eigenvalue weighted by Gasteiger charge is -2.30. The van der Waals surface area contributed by atoms with E-state index in [0.29, 0.717) is 19.2 Å². The van der Waals surface area contributed by atoms with Crippen LogP contribution < -0.4 is 5.73 Å². The highest BCUT2D eigenvalue weighted by molar-refractivity contribution is 5.76. The fourth-order valence-electron chi connectivity index (χ4n) is 2.25. The molecule has 4 heteroatoms. The highest BCUT2D eigenvalue weighted by Crippen LogP contribution is 2.22. The molecule has 1 aliphatic heterocycles. The molecule has 1 aliphatic rings. The van der Waals surface area contributed by atoms with Gasteiger partial charge in [0.1, 0.15) is 6.04 Å². The summed E-state index contributed by atoms with van der Waals surface area (Å²) in [4.78, 5) is 13.9. The lowest BCUT2D eigenvalue weighted by molar-refractivity contribution is -0.149. The van der Waals surface area contributed by atoms with Gasteiger partial charge in [0.15, 0.2) is 0 Å². The molecule has 0 saturated carbocycles. The Hall–Kier alpha value is -0.610. The van der Waals surface area contributed by atoms with E-state index in [1.807, 2.05) is 6.92 Å². The van der Waals surface area contributed by atoms with Gasteiger partial charge in [0.2, 0.25) is 0 Å². The smallest absolute Gasteiger partial charge is 0.323 e. The molecule has 88 valence electrons. The molecule has 0 aromatic rings. The minimum absolute atomic E-state index is 0.0570. The monoisotopic (exact) mass is 214 g/mol. The van der Waals surface area contributed by atoms with Crippen LogP contribution >= 0.6 is 0 Å². The largest absolute Gasteiger partial charge is 0.465 e. The summed E-state index contributed by atoms with van der Waals surface area (Å²) in [5.74, 6) is -0.0816. The Balaban J connectivity index is 2.59. The molecule has 0 radical (unpaired) electrons. The third-order valence-corrected chi connectivity index (χ3v) is 3.07. The first-order valence-electron chi connectivity index (χ1n) is 5.87. The highest BCUT2D eigenvalue weighted by atomic mass is 16.5. The van der Waals surface area contributed by atoms with E-state index in [0.717, 1.165) is 25.8 Å². The lowest BCUT2D eigenvalue weighted by atomic mass is 10.1. The third-order valence-electron chi connectivity index (χ3n) is 3.07. The number of carbonyl (C=O) groups excluding carboxylic acids is 1. The second kappa shape index (κ2) is 6.08. The Morgan fingerprint density at radius 2 is 2.33 bits per heavy atom. The van der Waals surface area contributed by atoms with Crippen LogP contribution in [-0.2, 0) is 9.53 Å². The standard InChI is InChI=1S/C11H22N2O2/c1-3-9(8-12)13-7-5-6-10(13)11(14)15-4-2/h9-10H,3-8,12H2,1-2H3. The molecule has 0 aliphatic carbocycles. The first kappa shape index (κ1) is 12.5. The average molecular weight is 214 g/mol. The van der Waals surface area contributed by atoms with Gasteiger partial charge in [-0.2, -0.15) is 0 Å². The van der Waals surface area contributed by atoms with Crippen LogP contribution in [0.3, 0.4) is 0 Å². The number of carbonyl (C=O) groups is 1. The van der Waals surface area contributed by atoms with Crippen molar-refractivity contribution in [3.05, 3.63) is 0 Å². The molecular weight excluding hydrogens is 192 g/mol. The Bertz CT molecular complexity index is 205. The lowest BCUT2D eigenvalue weighted by Crippen LogP contribution is -2.46. The molecule has 15 heavy (non-hydrogen) atoms. The molecule has 2 unspecified atom stereocenters. The molecule has 0 bridgehead atoms. The molecule has 0 aromatic carbocycles. The summed E-state index contributed by atoms with van der Waals surface area (Å²) in [6.07, 6.45) is 2.97. The zero-order valence-corrected chi connectivity index (χ0v) is 9.74. The van der Waals surface area contributed by atoms with Crippen LogP contribution in [0.2, 0.25) is 0 Å². The quantitative estimate of drug-likeness (QED) is 0.686. The molecule has 1 rings (SSSR count). The predicted octanol–water partition coefficient (Wildman–Crippen LogP) is 0.751. The average Bonchev–Trinajstić information content (AvgIpc) is 2.69. The van der Waals surface area contributed by atoms with Crippen LogP contribution in [0.1, 0.15) is 33.1 Å². The number of hydrogen-bond acceptors (Lipinski definition) is 4. The molecule has 2 N–H and O–H groups in total. The van der Waals surface area contributed by atoms with Gasteiger partial charge in [-0.25, -0.2) is 0 Å². The van der Waals surface area contributed by atoms with Crippen LogP contribution in [0.4, 0.5) is 0 Å². The highest BCUT2D eigenvalue weighted by Gasteiger charge is 2.34. The van der Waals surface area contributed by atoms with Crippen molar-refractivity contribution >= 4 is 5.97 Å². The van der Waals surface area contributed by atoms with Crippen LogP contribution in [-0.4, -0.2) is 42.6 Å². The van der Waals surface area contributed by atoms with E-state index in [-0.39, 0.29) is 12.0 Å². The van der Waals surface area contributed by atoms with Gasteiger partial charge in [0, 0.05) is 12.6 Å². The summed E-state index contributed by atoms with van der Waals surface area (Å²) >= 11 is 0. The normalized spacial score (nSPS) is 24.1. The number of esters is 1. The van der Waals surface area contributed by atoms with Crippen molar-refractivity contribution in [2.45, 2.75) is 45.2 Å². The van der Waals surface area contributed by atoms with Crippen molar-refractivity contribution in [1.82, 2.24) is 4.90 Å². The Labute approximate surface area is 91.8 Å². The molecule has 0 spiro atoms. The predicted molar refractivity (Wildman–Crippen MR) is 59.5 cm³/mol. The second-order valence-corrected chi connectivity index (χ2v) is 3.95. The van der Waals surface area contributed by atoms with Crippen molar-refractivity contribution < 1.29 is 9.53 Å². The third kappa shape index (κ3) is 2.92. The van der Waals surface area contributed by atoms with E-state index in [9.17, 15) is 4.79 Å². The van der Waals surface area contributed by atoms with Crippen LogP contribution in [0.15, 0.2) is 0 Å². The number of hydrogen-bond donors (Lipinski definition) is 1. The number of rotatable bonds is 5. The summed E-state index contributed by atoms with van der Waals surface area (Å²) in [5.41, 5.74) is 5.71. The van der Waals surface area contributed by atoms with Gasteiger partial charge in [-0.05, 0) is 32.7 Å². The number of nitrogens with zero attached hydrogens (tertiary/aromatic N) is 1. The zero-order valence-electron chi connectivity index (χ0n) is 9.74. The van der Waals surface area contributed by atoms with Crippen molar-refractivity contribution in [2.24, 2.45) is 5.73 Å². The van der Waals surface area contributed by atoms with E-state index >= 15 is 0 Å². The van der Waals surface area contributed by atoms with E-state index in [1.54, 1.807) is 0 Å². The Morgan fingerprint density at radius 1 is 1.60 bits per heavy atom. The first-order valence-corrected chi connectivity index (χ1v) is 5.87. The van der Waals surface area contributed by atoms with Crippen molar-refractivity contribution in [3.8, 4) is 0 Å². The minimum Gasteiger partial charge on any atom is -0.465 e. The van der Waals surface area contributed by atoms with Gasteiger partial charge in [-0.1, -0.05) is 6.92 Å². The maximum absolute atomic E-state index is 11.7. The summed E-state index contributed by atoms with van der Waals surface area (Å²) in [6.45, 7) is 6.00. The fourth-order valence-corrected chi connectivity index (χ4v) is 2.25. The summed E-state index contributed by atoms with van der Waals surface area (Å²) in [6, 6.07) is 0.264. The molecular formula is C11H22N2O2. The summed E-state index contributed by atoms with van der Waals surface area (Å²) < 4.78 is 5.07. The molecule has 0 aromatic heterocycles. The first-order chi connectivity index (χ1) is 7.24. The van der Waals surface area contributed by atoms with Crippen molar-refractivity contribution in [2.75, 3.05) is 19.7 Å². The number of ether oxygens (including phenoxy) is 1. The summed E-state index contributed by atoms with van der Waals surface area (Å²) in [5, 5.41) is 0. The maximum atomic E-state index is 11.7. The van der Waals surface area contributed by atoms with Gasteiger partial charge < -0.3 is 10.5 Å². The van der Waals surface area contributed by atoms with Crippen LogP contribution in [0.5, 0.6) is 0 Å². The molecule has 2 atom stereocenters. The minimum atomic E-state index is -0.0816. The van der Waals surface area contributed by atoms with Crippen molar-refractivity contribution in [3.63, 3.8) is 0 Å². The van der Waals surface area contributed by atoms with E-state index in [2.05, 4.69) is 11.8 Å². The van der Waals surface area contributed by atoms with Gasteiger partial charge in [0.25, 0.3) is 0 Å².